The number of hydrogen-bond acceptors (Lipinski definition) is 0. The Balaban J connectivity index is 1.84. The zero-order valence-electron chi connectivity index (χ0n) is 16.5. The van der Waals surface area contributed by atoms with Crippen molar-refractivity contribution < 1.29 is 0 Å². The zero-order valence-corrected chi connectivity index (χ0v) is 16.5. The van der Waals surface area contributed by atoms with Crippen LogP contribution < -0.4 is 0 Å². The van der Waals surface area contributed by atoms with Crippen molar-refractivity contribution in [3.05, 3.63) is 94.1 Å². The highest BCUT2D eigenvalue weighted by Gasteiger charge is 2.39. The molecule has 0 bridgehead atoms. The Morgan fingerprint density at radius 3 is 1.69 bits per heavy atom. The molecule has 0 saturated heterocycles. The maximum Gasteiger partial charge on any atom is 0.0124 e. The Kier molecular flexibility index (Phi) is 4.61. The quantitative estimate of drug-likeness (QED) is 0.574. The van der Waals surface area contributed by atoms with Gasteiger partial charge in [-0.15, -0.1) is 0 Å². The first kappa shape index (κ1) is 17.3. The summed E-state index contributed by atoms with van der Waals surface area (Å²) in [6.45, 7) is 8.93. The number of aryl methyl sites for hydroxylation is 4. The fourth-order valence-corrected chi connectivity index (χ4v) is 5.45. The van der Waals surface area contributed by atoms with E-state index < -0.39 is 0 Å². The Hall–Kier alpha value is -2.08. The van der Waals surface area contributed by atoms with Gasteiger partial charge in [0.25, 0.3) is 0 Å². The average molecular weight is 343 g/mol. The van der Waals surface area contributed by atoms with Gasteiger partial charge in [-0.3, -0.25) is 0 Å². The van der Waals surface area contributed by atoms with Crippen molar-refractivity contribution in [2.24, 2.45) is 17.8 Å². The lowest BCUT2D eigenvalue weighted by Gasteiger charge is -2.31. The summed E-state index contributed by atoms with van der Waals surface area (Å²) in [4.78, 5) is 0. The van der Waals surface area contributed by atoms with E-state index in [-0.39, 0.29) is 0 Å². The molecule has 26 heavy (non-hydrogen) atoms. The maximum atomic E-state index is 2.47. The van der Waals surface area contributed by atoms with Gasteiger partial charge in [-0.2, -0.15) is 0 Å². The zero-order chi connectivity index (χ0) is 18.3. The lowest BCUT2D eigenvalue weighted by Crippen LogP contribution is -2.21. The van der Waals surface area contributed by atoms with Crippen LogP contribution in [0, 0.1) is 45.4 Å². The molecular weight excluding hydrogens is 312 g/mol. The molecule has 2 aliphatic rings. The van der Waals surface area contributed by atoms with Gasteiger partial charge in [0.15, 0.2) is 0 Å². The standard InChI is InChI=1S/C26H30/c1-17-11-18(2)14-22(13-17)26(23-15-19(3)12-20(4)16-23)25-10-9-21-7-5-6-8-24(21)25/h5-8,11-16,21,24-26H,9-10H2,1-4H3. The first-order chi connectivity index (χ1) is 12.5. The van der Waals surface area contributed by atoms with Crippen molar-refractivity contribution in [3.8, 4) is 0 Å². The largest absolute Gasteiger partial charge is 0.0808 e. The fourth-order valence-electron chi connectivity index (χ4n) is 5.45. The summed E-state index contributed by atoms with van der Waals surface area (Å²) in [6, 6.07) is 14.3. The van der Waals surface area contributed by atoms with E-state index in [0.717, 1.165) is 5.92 Å². The predicted octanol–water partition coefficient (Wildman–Crippen LogP) is 6.82. The molecule has 0 nitrogen and oxygen atoms in total. The molecule has 2 aromatic rings. The summed E-state index contributed by atoms with van der Waals surface area (Å²) in [6.07, 6.45) is 12.0. The van der Waals surface area contributed by atoms with Crippen molar-refractivity contribution in [1.82, 2.24) is 0 Å². The Morgan fingerprint density at radius 1 is 0.654 bits per heavy atom. The van der Waals surface area contributed by atoms with Crippen LogP contribution in [0.3, 0.4) is 0 Å². The number of rotatable bonds is 3. The van der Waals surface area contributed by atoms with Gasteiger partial charge in [-0.05, 0) is 69.4 Å². The Bertz CT molecular complexity index is 776. The van der Waals surface area contributed by atoms with Crippen LogP contribution in [0.1, 0.15) is 52.1 Å². The molecule has 2 aliphatic carbocycles. The molecule has 0 N–H and O–H groups in total. The second kappa shape index (κ2) is 6.91. The molecule has 0 radical (unpaired) electrons. The molecule has 0 aliphatic heterocycles. The van der Waals surface area contributed by atoms with Gasteiger partial charge in [-0.25, -0.2) is 0 Å². The third kappa shape index (κ3) is 3.30. The molecule has 0 amide bonds. The second-order valence-corrected chi connectivity index (χ2v) is 8.57. The normalized spacial score (nSPS) is 24.3. The molecule has 1 fully saturated rings. The third-order valence-corrected chi connectivity index (χ3v) is 6.26. The molecule has 134 valence electrons. The average Bonchev–Trinajstić information content (AvgIpc) is 2.97. The molecule has 4 rings (SSSR count). The smallest absolute Gasteiger partial charge is 0.0124 e. The summed E-state index contributed by atoms with van der Waals surface area (Å²) in [5, 5.41) is 0. The van der Waals surface area contributed by atoms with E-state index in [0.29, 0.717) is 17.8 Å². The van der Waals surface area contributed by atoms with E-state index in [4.69, 9.17) is 0 Å². The van der Waals surface area contributed by atoms with E-state index in [1.165, 1.54) is 46.2 Å². The van der Waals surface area contributed by atoms with E-state index >= 15 is 0 Å². The topological polar surface area (TPSA) is 0 Å². The highest BCUT2D eigenvalue weighted by atomic mass is 14.4. The van der Waals surface area contributed by atoms with Crippen molar-refractivity contribution >= 4 is 0 Å². The van der Waals surface area contributed by atoms with Crippen LogP contribution in [0.15, 0.2) is 60.7 Å². The maximum absolute atomic E-state index is 2.47. The minimum atomic E-state index is 0.485. The van der Waals surface area contributed by atoms with Crippen LogP contribution in [0.4, 0.5) is 0 Å². The SMILES string of the molecule is Cc1cc(C)cc(C(c2cc(C)cc(C)c2)C2CCC3C=CC=CC32)c1. The van der Waals surface area contributed by atoms with Crippen LogP contribution in [0.25, 0.3) is 0 Å². The van der Waals surface area contributed by atoms with Gasteiger partial charge in [0.2, 0.25) is 0 Å². The summed E-state index contributed by atoms with van der Waals surface area (Å²) in [5.74, 6) is 2.57. The minimum absolute atomic E-state index is 0.485. The Morgan fingerprint density at radius 2 is 1.15 bits per heavy atom. The highest BCUT2D eigenvalue weighted by Crippen LogP contribution is 2.50. The second-order valence-electron chi connectivity index (χ2n) is 8.57. The molecule has 0 aromatic heterocycles. The summed E-state index contributed by atoms with van der Waals surface area (Å²) in [5.41, 5.74) is 8.51. The molecule has 0 heteroatoms. The molecule has 0 spiro atoms. The number of benzene rings is 2. The van der Waals surface area contributed by atoms with Crippen LogP contribution in [-0.2, 0) is 0 Å². The molecule has 1 saturated carbocycles. The van der Waals surface area contributed by atoms with Gasteiger partial charge >= 0.3 is 0 Å². The van der Waals surface area contributed by atoms with E-state index in [9.17, 15) is 0 Å². The lowest BCUT2D eigenvalue weighted by molar-refractivity contribution is 0.380. The fraction of sp³-hybridized carbons (Fsp3) is 0.385. The number of hydrogen-bond donors (Lipinski definition) is 0. The first-order valence-electron chi connectivity index (χ1n) is 10.0. The summed E-state index contributed by atoms with van der Waals surface area (Å²) < 4.78 is 0. The van der Waals surface area contributed by atoms with E-state index in [2.05, 4.69) is 88.4 Å². The van der Waals surface area contributed by atoms with Crippen molar-refractivity contribution in [1.29, 1.82) is 0 Å². The summed E-state index contributed by atoms with van der Waals surface area (Å²) >= 11 is 0. The third-order valence-electron chi connectivity index (χ3n) is 6.26. The predicted molar refractivity (Wildman–Crippen MR) is 112 cm³/mol. The van der Waals surface area contributed by atoms with Gasteiger partial charge < -0.3 is 0 Å². The number of allylic oxidation sites excluding steroid dienone is 4. The lowest BCUT2D eigenvalue weighted by atomic mass is 9.72. The molecular formula is C26H30. The molecule has 3 unspecified atom stereocenters. The molecule has 3 atom stereocenters. The first-order valence-corrected chi connectivity index (χ1v) is 10.0. The van der Waals surface area contributed by atoms with Gasteiger partial charge in [0, 0.05) is 5.92 Å². The van der Waals surface area contributed by atoms with Crippen molar-refractivity contribution in [3.63, 3.8) is 0 Å². The van der Waals surface area contributed by atoms with Crippen molar-refractivity contribution in [2.75, 3.05) is 0 Å². The van der Waals surface area contributed by atoms with Crippen LogP contribution in [0.5, 0.6) is 0 Å². The van der Waals surface area contributed by atoms with E-state index in [1.54, 1.807) is 0 Å². The van der Waals surface area contributed by atoms with E-state index in [1.807, 2.05) is 0 Å². The highest BCUT2D eigenvalue weighted by molar-refractivity contribution is 5.42. The van der Waals surface area contributed by atoms with Gasteiger partial charge in [0.1, 0.15) is 0 Å². The van der Waals surface area contributed by atoms with Gasteiger partial charge in [-0.1, -0.05) is 83.0 Å². The molecule has 2 aromatic carbocycles. The van der Waals surface area contributed by atoms with Gasteiger partial charge in [0.05, 0.1) is 0 Å². The van der Waals surface area contributed by atoms with Crippen LogP contribution in [-0.4, -0.2) is 0 Å². The number of fused-ring (bicyclic) bond motifs is 1. The minimum Gasteiger partial charge on any atom is -0.0808 e. The van der Waals surface area contributed by atoms with Crippen LogP contribution >= 0.6 is 0 Å². The monoisotopic (exact) mass is 342 g/mol. The van der Waals surface area contributed by atoms with Crippen LogP contribution in [0.2, 0.25) is 0 Å². The Labute approximate surface area is 158 Å². The molecule has 0 heterocycles. The van der Waals surface area contributed by atoms with Crippen molar-refractivity contribution in [2.45, 2.75) is 46.5 Å². The summed E-state index contributed by atoms with van der Waals surface area (Å²) in [7, 11) is 0.